The SMILES string of the molecule is O=C(c1cc(Cl)c[nH]1)N1CC[C@H](Oc2cccnc2N2CCCC2)C1. The van der Waals surface area contributed by atoms with Crippen molar-refractivity contribution in [1.29, 1.82) is 0 Å². The van der Waals surface area contributed by atoms with Gasteiger partial charge in [0, 0.05) is 38.4 Å². The van der Waals surface area contributed by atoms with Crippen molar-refractivity contribution in [2.45, 2.75) is 25.4 Å². The second-order valence-corrected chi connectivity index (χ2v) is 6.97. The summed E-state index contributed by atoms with van der Waals surface area (Å²) in [4.78, 5) is 24.0. The van der Waals surface area contributed by atoms with Crippen LogP contribution in [0.5, 0.6) is 5.75 Å². The van der Waals surface area contributed by atoms with Crippen LogP contribution in [0.2, 0.25) is 5.02 Å². The molecule has 0 unspecified atom stereocenters. The van der Waals surface area contributed by atoms with E-state index in [0.29, 0.717) is 23.8 Å². The summed E-state index contributed by atoms with van der Waals surface area (Å²) < 4.78 is 6.21. The molecule has 2 fully saturated rings. The molecule has 1 atom stereocenters. The van der Waals surface area contributed by atoms with Crippen molar-refractivity contribution in [2.75, 3.05) is 31.1 Å². The van der Waals surface area contributed by atoms with Gasteiger partial charge in [-0.3, -0.25) is 4.79 Å². The van der Waals surface area contributed by atoms with Crippen LogP contribution in [0.25, 0.3) is 0 Å². The van der Waals surface area contributed by atoms with Crippen LogP contribution in [-0.2, 0) is 0 Å². The molecule has 2 aliphatic heterocycles. The molecule has 2 saturated heterocycles. The number of rotatable bonds is 4. The van der Waals surface area contributed by atoms with E-state index in [0.717, 1.165) is 31.1 Å². The van der Waals surface area contributed by atoms with Crippen LogP contribution in [-0.4, -0.2) is 53.1 Å². The topological polar surface area (TPSA) is 61.5 Å². The monoisotopic (exact) mass is 360 g/mol. The van der Waals surface area contributed by atoms with E-state index in [1.54, 1.807) is 23.4 Å². The molecule has 0 aromatic carbocycles. The molecule has 0 aliphatic carbocycles. The number of pyridine rings is 1. The van der Waals surface area contributed by atoms with Crippen LogP contribution in [0.3, 0.4) is 0 Å². The number of anilines is 1. The predicted octanol–water partition coefficient (Wildman–Crippen LogP) is 2.96. The fourth-order valence-electron chi connectivity index (χ4n) is 3.49. The lowest BCUT2D eigenvalue weighted by atomic mass is 10.3. The van der Waals surface area contributed by atoms with Gasteiger partial charge in [-0.05, 0) is 31.0 Å². The van der Waals surface area contributed by atoms with E-state index in [-0.39, 0.29) is 12.0 Å². The van der Waals surface area contributed by atoms with Gasteiger partial charge in [-0.2, -0.15) is 0 Å². The van der Waals surface area contributed by atoms with E-state index in [4.69, 9.17) is 16.3 Å². The second-order valence-electron chi connectivity index (χ2n) is 6.53. The number of nitrogens with zero attached hydrogens (tertiary/aromatic N) is 3. The van der Waals surface area contributed by atoms with Crippen LogP contribution in [0.15, 0.2) is 30.6 Å². The number of halogens is 1. The first-order chi connectivity index (χ1) is 12.2. The Kier molecular flexibility index (Phi) is 4.53. The number of amides is 1. The van der Waals surface area contributed by atoms with Gasteiger partial charge in [0.05, 0.1) is 11.6 Å². The second kappa shape index (κ2) is 6.96. The van der Waals surface area contributed by atoms with E-state index < -0.39 is 0 Å². The standard InChI is InChI=1S/C18H21ClN4O2/c19-13-10-15(21-11-13)18(24)23-9-5-14(12-23)25-16-4-3-6-20-17(16)22-7-1-2-8-22/h3-4,6,10-11,14,21H,1-2,5,7-9,12H2/t14-/m0/s1. The van der Waals surface area contributed by atoms with Gasteiger partial charge in [-0.15, -0.1) is 0 Å². The van der Waals surface area contributed by atoms with Crippen molar-refractivity contribution in [3.8, 4) is 5.75 Å². The van der Waals surface area contributed by atoms with Crippen molar-refractivity contribution >= 4 is 23.3 Å². The summed E-state index contributed by atoms with van der Waals surface area (Å²) in [7, 11) is 0. The molecule has 2 aliphatic rings. The van der Waals surface area contributed by atoms with Gasteiger partial charge in [0.2, 0.25) is 0 Å². The Morgan fingerprint density at radius 3 is 2.92 bits per heavy atom. The number of carbonyl (C=O) groups is 1. The van der Waals surface area contributed by atoms with Gasteiger partial charge in [0.15, 0.2) is 11.6 Å². The fraction of sp³-hybridized carbons (Fsp3) is 0.444. The molecule has 0 radical (unpaired) electrons. The number of aromatic nitrogens is 2. The summed E-state index contributed by atoms with van der Waals surface area (Å²) in [6, 6.07) is 5.52. The number of H-pyrrole nitrogens is 1. The number of likely N-dealkylation sites (tertiary alicyclic amines) is 1. The quantitative estimate of drug-likeness (QED) is 0.910. The first-order valence-corrected chi connectivity index (χ1v) is 9.08. The Morgan fingerprint density at radius 1 is 1.32 bits per heavy atom. The van der Waals surface area contributed by atoms with Crippen molar-refractivity contribution in [1.82, 2.24) is 14.9 Å². The minimum atomic E-state index is -0.0380. The zero-order valence-corrected chi connectivity index (χ0v) is 14.7. The summed E-state index contributed by atoms with van der Waals surface area (Å²) in [5.41, 5.74) is 0.518. The molecular weight excluding hydrogens is 340 g/mol. The Labute approximate surface area is 151 Å². The highest BCUT2D eigenvalue weighted by Gasteiger charge is 2.30. The molecule has 132 valence electrons. The lowest BCUT2D eigenvalue weighted by Crippen LogP contribution is -2.31. The minimum Gasteiger partial charge on any atom is -0.485 e. The van der Waals surface area contributed by atoms with Crippen LogP contribution >= 0.6 is 11.6 Å². The van der Waals surface area contributed by atoms with Gasteiger partial charge in [-0.25, -0.2) is 4.98 Å². The smallest absolute Gasteiger partial charge is 0.270 e. The molecule has 0 bridgehead atoms. The molecule has 4 heterocycles. The van der Waals surface area contributed by atoms with Gasteiger partial charge >= 0.3 is 0 Å². The van der Waals surface area contributed by atoms with Crippen molar-refractivity contribution in [3.05, 3.63) is 41.3 Å². The number of aromatic amines is 1. The Balaban J connectivity index is 1.42. The maximum absolute atomic E-state index is 12.5. The number of nitrogens with one attached hydrogen (secondary N) is 1. The van der Waals surface area contributed by atoms with Crippen LogP contribution in [0.4, 0.5) is 5.82 Å². The molecule has 6 nitrogen and oxygen atoms in total. The summed E-state index contributed by atoms with van der Waals surface area (Å²) >= 11 is 5.89. The molecule has 4 rings (SSSR count). The summed E-state index contributed by atoms with van der Waals surface area (Å²) in [5, 5.41) is 0.543. The summed E-state index contributed by atoms with van der Waals surface area (Å²) in [5.74, 6) is 1.69. The third-order valence-corrected chi connectivity index (χ3v) is 4.98. The highest BCUT2D eigenvalue weighted by molar-refractivity contribution is 6.30. The van der Waals surface area contributed by atoms with Crippen molar-refractivity contribution < 1.29 is 9.53 Å². The Bertz CT molecular complexity index is 757. The Morgan fingerprint density at radius 2 is 2.16 bits per heavy atom. The predicted molar refractivity (Wildman–Crippen MR) is 96.4 cm³/mol. The molecule has 25 heavy (non-hydrogen) atoms. The zero-order chi connectivity index (χ0) is 17.2. The molecule has 7 heteroatoms. The molecule has 0 saturated carbocycles. The number of carbonyl (C=O) groups excluding carboxylic acids is 1. The largest absolute Gasteiger partial charge is 0.485 e. The first-order valence-electron chi connectivity index (χ1n) is 8.70. The van der Waals surface area contributed by atoms with Gasteiger partial charge in [0.1, 0.15) is 11.8 Å². The molecule has 1 amide bonds. The molecule has 0 spiro atoms. The first kappa shape index (κ1) is 16.3. The number of hydrogen-bond acceptors (Lipinski definition) is 4. The van der Waals surface area contributed by atoms with E-state index in [1.165, 1.54) is 12.8 Å². The van der Waals surface area contributed by atoms with E-state index >= 15 is 0 Å². The van der Waals surface area contributed by atoms with Crippen LogP contribution < -0.4 is 9.64 Å². The third kappa shape index (κ3) is 3.44. The number of ether oxygens (including phenoxy) is 1. The number of hydrogen-bond donors (Lipinski definition) is 1. The van der Waals surface area contributed by atoms with E-state index in [9.17, 15) is 4.79 Å². The highest BCUT2D eigenvalue weighted by atomic mass is 35.5. The van der Waals surface area contributed by atoms with E-state index in [1.807, 2.05) is 12.1 Å². The summed E-state index contributed by atoms with van der Waals surface area (Å²) in [6.07, 6.45) is 6.62. The van der Waals surface area contributed by atoms with Crippen LogP contribution in [0, 0.1) is 0 Å². The average molecular weight is 361 g/mol. The molecule has 2 aromatic heterocycles. The average Bonchev–Trinajstić information content (AvgIpc) is 3.36. The lowest BCUT2D eigenvalue weighted by molar-refractivity contribution is 0.0767. The van der Waals surface area contributed by atoms with Crippen molar-refractivity contribution in [2.24, 2.45) is 0 Å². The van der Waals surface area contributed by atoms with Gasteiger partial charge in [-0.1, -0.05) is 11.6 Å². The fourth-order valence-corrected chi connectivity index (χ4v) is 3.65. The summed E-state index contributed by atoms with van der Waals surface area (Å²) in [6.45, 7) is 3.30. The third-order valence-electron chi connectivity index (χ3n) is 4.76. The van der Waals surface area contributed by atoms with Crippen LogP contribution in [0.1, 0.15) is 29.8 Å². The zero-order valence-electron chi connectivity index (χ0n) is 13.9. The molecular formula is C18H21ClN4O2. The maximum atomic E-state index is 12.5. The van der Waals surface area contributed by atoms with Crippen molar-refractivity contribution in [3.63, 3.8) is 0 Å². The van der Waals surface area contributed by atoms with Gasteiger partial charge in [0.25, 0.3) is 5.91 Å². The minimum absolute atomic E-state index is 0.0139. The highest BCUT2D eigenvalue weighted by Crippen LogP contribution is 2.30. The molecule has 2 aromatic rings. The molecule has 1 N–H and O–H groups in total. The van der Waals surface area contributed by atoms with E-state index in [2.05, 4.69) is 14.9 Å². The lowest BCUT2D eigenvalue weighted by Gasteiger charge is -2.22. The maximum Gasteiger partial charge on any atom is 0.270 e. The van der Waals surface area contributed by atoms with Gasteiger partial charge < -0.3 is 19.5 Å². The Hall–Kier alpha value is -2.21. The normalized spacial score (nSPS) is 20.3.